The molecule has 2 amide bonds. The average Bonchev–Trinajstić information content (AvgIpc) is 2.71. The van der Waals surface area contributed by atoms with Crippen molar-refractivity contribution in [3.05, 3.63) is 11.6 Å². The second kappa shape index (κ2) is 3.63. The molecule has 0 aromatic heterocycles. The Morgan fingerprint density at radius 3 is 2.69 bits per heavy atom. The van der Waals surface area contributed by atoms with Crippen molar-refractivity contribution in [1.82, 2.24) is 5.32 Å². The molecule has 7 heteroatoms. The molecule has 16 heavy (non-hydrogen) atoms. The lowest BCUT2D eigenvalue weighted by Crippen LogP contribution is -2.47. The van der Waals surface area contributed by atoms with Crippen molar-refractivity contribution in [2.75, 3.05) is 13.2 Å². The van der Waals surface area contributed by atoms with E-state index < -0.39 is 36.2 Å². The molecule has 3 atom stereocenters. The summed E-state index contributed by atoms with van der Waals surface area (Å²) in [5.74, 6) is -1.24. The molecule has 7 nitrogen and oxygen atoms in total. The lowest BCUT2D eigenvalue weighted by atomic mass is 9.94. The molecule has 0 radical (unpaired) electrons. The Hall–Kier alpha value is -1.28. The van der Waals surface area contributed by atoms with Crippen molar-refractivity contribution in [3.8, 4) is 0 Å². The normalized spacial score (nSPS) is 38.8. The molecule has 4 N–H and O–H groups in total. The average molecular weight is 229 g/mol. The molecular formula is C9H11NO6. The van der Waals surface area contributed by atoms with Crippen molar-refractivity contribution in [2.45, 2.75) is 17.8 Å². The van der Waals surface area contributed by atoms with E-state index in [1.54, 1.807) is 0 Å². The summed E-state index contributed by atoms with van der Waals surface area (Å²) in [6.07, 6.45) is -1.52. The summed E-state index contributed by atoms with van der Waals surface area (Å²) in [6, 6.07) is 0. The number of imide groups is 1. The Balaban J connectivity index is 2.22. The van der Waals surface area contributed by atoms with Gasteiger partial charge in [0.05, 0.1) is 18.8 Å². The quantitative estimate of drug-likeness (QED) is 0.376. The molecule has 2 aliphatic rings. The molecule has 0 saturated carbocycles. The maximum atomic E-state index is 11.3. The van der Waals surface area contributed by atoms with Gasteiger partial charge in [-0.1, -0.05) is 0 Å². The molecular weight excluding hydrogens is 218 g/mol. The fourth-order valence-corrected chi connectivity index (χ4v) is 1.73. The van der Waals surface area contributed by atoms with E-state index >= 15 is 0 Å². The number of aliphatic hydroxyl groups excluding tert-OH is 2. The van der Waals surface area contributed by atoms with E-state index in [0.717, 1.165) is 6.08 Å². The Morgan fingerprint density at radius 2 is 2.25 bits per heavy atom. The molecule has 2 heterocycles. The van der Waals surface area contributed by atoms with Crippen molar-refractivity contribution in [1.29, 1.82) is 0 Å². The predicted octanol–water partition coefficient (Wildman–Crippen LogP) is -2.95. The summed E-state index contributed by atoms with van der Waals surface area (Å²) in [4.78, 5) is 22.2. The van der Waals surface area contributed by atoms with Gasteiger partial charge >= 0.3 is 0 Å². The fraction of sp³-hybridized carbons (Fsp3) is 0.556. The number of carbonyl (C=O) groups excluding carboxylic acids is 2. The van der Waals surface area contributed by atoms with Gasteiger partial charge in [0.2, 0.25) is 0 Å². The van der Waals surface area contributed by atoms with Crippen LogP contribution >= 0.6 is 0 Å². The number of carbonyl (C=O) groups is 2. The molecule has 1 saturated heterocycles. The molecule has 0 aromatic rings. The first kappa shape index (κ1) is 11.2. The highest BCUT2D eigenvalue weighted by atomic mass is 16.5. The van der Waals surface area contributed by atoms with Gasteiger partial charge in [-0.3, -0.25) is 14.9 Å². The number of nitrogens with one attached hydrogen (secondary N) is 1. The standard InChI is InChI=1S/C9H11NO6/c11-2-9(15)3-16-6(7(9)13)4-1-5(12)10-8(4)14/h1,6-7,11,13,15H,2-3H2,(H,10,12,14)/t6-,7-,9+/m0/s1. The van der Waals surface area contributed by atoms with Crippen molar-refractivity contribution in [2.24, 2.45) is 0 Å². The summed E-state index contributed by atoms with van der Waals surface area (Å²) in [5.41, 5.74) is -1.83. The molecule has 0 aliphatic carbocycles. The lowest BCUT2D eigenvalue weighted by molar-refractivity contribution is -0.124. The Labute approximate surface area is 90.3 Å². The minimum absolute atomic E-state index is 0.0399. The van der Waals surface area contributed by atoms with Gasteiger partial charge < -0.3 is 20.1 Å². The van der Waals surface area contributed by atoms with E-state index in [9.17, 15) is 19.8 Å². The van der Waals surface area contributed by atoms with Gasteiger partial charge in [0.1, 0.15) is 17.8 Å². The van der Waals surface area contributed by atoms with Gasteiger partial charge in [-0.25, -0.2) is 0 Å². The van der Waals surface area contributed by atoms with Crippen molar-refractivity contribution < 1.29 is 29.6 Å². The molecule has 0 aromatic carbocycles. The number of rotatable bonds is 2. The highest BCUT2D eigenvalue weighted by Gasteiger charge is 2.50. The SMILES string of the molecule is O=C1C=C([C@@H]2OC[C@](O)(CO)[C@H]2O)C(=O)N1. The molecule has 2 rings (SSSR count). The third-order valence-corrected chi connectivity index (χ3v) is 2.72. The van der Waals surface area contributed by atoms with E-state index in [1.807, 2.05) is 5.32 Å². The third-order valence-electron chi connectivity index (χ3n) is 2.72. The first-order valence-electron chi connectivity index (χ1n) is 4.68. The summed E-state index contributed by atoms with van der Waals surface area (Å²) in [7, 11) is 0. The van der Waals surface area contributed by atoms with E-state index in [2.05, 4.69) is 0 Å². The molecule has 88 valence electrons. The highest BCUT2D eigenvalue weighted by molar-refractivity contribution is 6.16. The van der Waals surface area contributed by atoms with Crippen LogP contribution in [0.15, 0.2) is 11.6 Å². The first-order chi connectivity index (χ1) is 7.48. The molecule has 0 spiro atoms. The summed E-state index contributed by atoms with van der Waals surface area (Å²) in [5, 5.41) is 30.3. The summed E-state index contributed by atoms with van der Waals surface area (Å²) in [6.45, 7) is -0.984. The van der Waals surface area contributed by atoms with Crippen LogP contribution in [0, 0.1) is 0 Å². The Bertz CT molecular complexity index is 378. The van der Waals surface area contributed by atoms with E-state index in [1.165, 1.54) is 0 Å². The zero-order valence-electron chi connectivity index (χ0n) is 8.21. The van der Waals surface area contributed by atoms with Crippen LogP contribution in [0.5, 0.6) is 0 Å². The van der Waals surface area contributed by atoms with Gasteiger partial charge in [0.15, 0.2) is 0 Å². The summed E-state index contributed by atoms with van der Waals surface area (Å²) < 4.78 is 5.03. The van der Waals surface area contributed by atoms with Gasteiger partial charge in [-0.05, 0) is 0 Å². The molecule has 1 fully saturated rings. The van der Waals surface area contributed by atoms with Crippen molar-refractivity contribution in [3.63, 3.8) is 0 Å². The van der Waals surface area contributed by atoms with E-state index in [4.69, 9.17) is 9.84 Å². The molecule has 2 aliphatic heterocycles. The predicted molar refractivity (Wildman–Crippen MR) is 49.0 cm³/mol. The van der Waals surface area contributed by atoms with Crippen LogP contribution in [-0.2, 0) is 14.3 Å². The minimum atomic E-state index is -1.79. The van der Waals surface area contributed by atoms with Crippen LogP contribution in [0.1, 0.15) is 0 Å². The molecule has 0 unspecified atom stereocenters. The summed E-state index contributed by atoms with van der Waals surface area (Å²) >= 11 is 0. The van der Waals surface area contributed by atoms with Gasteiger partial charge in [0.25, 0.3) is 11.8 Å². The largest absolute Gasteiger partial charge is 0.393 e. The van der Waals surface area contributed by atoms with Crippen LogP contribution in [0.3, 0.4) is 0 Å². The zero-order chi connectivity index (χ0) is 11.9. The first-order valence-corrected chi connectivity index (χ1v) is 4.68. The van der Waals surface area contributed by atoms with Crippen LogP contribution in [0.2, 0.25) is 0 Å². The Kier molecular flexibility index (Phi) is 2.55. The van der Waals surface area contributed by atoms with E-state index in [0.29, 0.717) is 0 Å². The maximum Gasteiger partial charge on any atom is 0.256 e. The lowest BCUT2D eigenvalue weighted by Gasteiger charge is -2.23. The fourth-order valence-electron chi connectivity index (χ4n) is 1.73. The van der Waals surface area contributed by atoms with Crippen LogP contribution < -0.4 is 5.32 Å². The zero-order valence-corrected chi connectivity index (χ0v) is 8.21. The number of amides is 2. The highest BCUT2D eigenvalue weighted by Crippen LogP contribution is 2.29. The van der Waals surface area contributed by atoms with Crippen LogP contribution in [-0.4, -0.2) is 58.2 Å². The number of aliphatic hydroxyl groups is 3. The van der Waals surface area contributed by atoms with E-state index in [-0.39, 0.29) is 12.2 Å². The van der Waals surface area contributed by atoms with Gasteiger partial charge in [0, 0.05) is 6.08 Å². The number of ether oxygens (including phenoxy) is 1. The van der Waals surface area contributed by atoms with Gasteiger partial charge in [-0.15, -0.1) is 0 Å². The monoisotopic (exact) mass is 229 g/mol. The number of hydrogen-bond donors (Lipinski definition) is 4. The Morgan fingerprint density at radius 1 is 1.56 bits per heavy atom. The number of hydrogen-bond acceptors (Lipinski definition) is 6. The van der Waals surface area contributed by atoms with Crippen molar-refractivity contribution >= 4 is 11.8 Å². The maximum absolute atomic E-state index is 11.3. The minimum Gasteiger partial charge on any atom is -0.393 e. The second-order valence-corrected chi connectivity index (χ2v) is 3.86. The van der Waals surface area contributed by atoms with Crippen LogP contribution in [0.25, 0.3) is 0 Å². The molecule has 0 bridgehead atoms. The topological polar surface area (TPSA) is 116 Å². The van der Waals surface area contributed by atoms with Gasteiger partial charge in [-0.2, -0.15) is 0 Å². The smallest absolute Gasteiger partial charge is 0.256 e. The van der Waals surface area contributed by atoms with Crippen LogP contribution in [0.4, 0.5) is 0 Å². The second-order valence-electron chi connectivity index (χ2n) is 3.86. The third kappa shape index (κ3) is 1.54.